The summed E-state index contributed by atoms with van der Waals surface area (Å²) in [4.78, 5) is 0. The van der Waals surface area contributed by atoms with E-state index in [0.717, 1.165) is 12.0 Å². The molecule has 0 saturated carbocycles. The largest absolute Gasteiger partial charge is 0.385 e. The zero-order chi connectivity index (χ0) is 12.8. The molecule has 1 aromatic carbocycles. The Kier molecular flexibility index (Phi) is 6.23. The minimum Gasteiger partial charge on any atom is -0.385 e. The lowest BCUT2D eigenvalue weighted by Crippen LogP contribution is -2.33. The molecule has 2 atom stereocenters. The molecule has 2 unspecified atom stereocenters. The van der Waals surface area contributed by atoms with Gasteiger partial charge >= 0.3 is 0 Å². The maximum Gasteiger partial charge on any atom is 0.0487 e. The molecule has 5 heteroatoms. The number of methoxy groups -OCH3 is 1. The summed E-state index contributed by atoms with van der Waals surface area (Å²) in [5.74, 6) is 5.93. The van der Waals surface area contributed by atoms with Gasteiger partial charge < -0.3 is 4.74 Å². The van der Waals surface area contributed by atoms with Crippen LogP contribution in [-0.2, 0) is 4.74 Å². The maximum atomic E-state index is 5.98. The Morgan fingerprint density at radius 2 is 1.88 bits per heavy atom. The summed E-state index contributed by atoms with van der Waals surface area (Å²) >= 11 is 12.0. The molecule has 1 rings (SSSR count). The highest BCUT2D eigenvalue weighted by Crippen LogP contribution is 2.28. The second-order valence-corrected chi connectivity index (χ2v) is 4.98. The van der Waals surface area contributed by atoms with E-state index in [1.165, 1.54) is 0 Å². The van der Waals surface area contributed by atoms with Crippen LogP contribution in [0.15, 0.2) is 18.2 Å². The minimum absolute atomic E-state index is 0.0151. The van der Waals surface area contributed by atoms with Gasteiger partial charge in [0.05, 0.1) is 0 Å². The van der Waals surface area contributed by atoms with Crippen molar-refractivity contribution in [3.8, 4) is 0 Å². The molecule has 0 aliphatic heterocycles. The molecule has 0 fully saturated rings. The highest BCUT2D eigenvalue weighted by atomic mass is 35.5. The Labute approximate surface area is 112 Å². The van der Waals surface area contributed by atoms with Crippen molar-refractivity contribution in [1.29, 1.82) is 0 Å². The van der Waals surface area contributed by atoms with Crippen LogP contribution < -0.4 is 11.3 Å². The number of hydrogen-bond donors (Lipinski definition) is 2. The molecular weight excluding hydrogens is 259 g/mol. The third kappa shape index (κ3) is 4.45. The van der Waals surface area contributed by atoms with Gasteiger partial charge in [-0.05, 0) is 36.1 Å². The van der Waals surface area contributed by atoms with E-state index in [1.54, 1.807) is 13.2 Å². The number of nitrogens with one attached hydrogen (secondary N) is 1. The second kappa shape index (κ2) is 7.19. The van der Waals surface area contributed by atoms with Crippen LogP contribution in [0.3, 0.4) is 0 Å². The number of rotatable bonds is 6. The summed E-state index contributed by atoms with van der Waals surface area (Å²) < 4.78 is 5.07. The first-order valence-corrected chi connectivity index (χ1v) is 6.25. The Morgan fingerprint density at radius 1 is 1.29 bits per heavy atom. The molecule has 1 aromatic rings. The highest BCUT2D eigenvalue weighted by molar-refractivity contribution is 6.34. The molecule has 96 valence electrons. The fraction of sp³-hybridized carbons (Fsp3) is 0.500. The molecule has 3 N–H and O–H groups in total. The number of ether oxygens (including phenoxy) is 1. The van der Waals surface area contributed by atoms with Gasteiger partial charge in [0.1, 0.15) is 0 Å². The first-order valence-electron chi connectivity index (χ1n) is 5.49. The van der Waals surface area contributed by atoms with E-state index in [1.807, 2.05) is 12.1 Å². The standard InChI is InChI=1S/C12H18Cl2N2O/c1-8(3-4-17-2)12(16-15)9-5-10(13)7-11(14)6-9/h5-8,12,16H,3-4,15H2,1-2H3. The molecule has 0 spiro atoms. The number of halogens is 2. The van der Waals surface area contributed by atoms with E-state index in [2.05, 4.69) is 12.3 Å². The second-order valence-electron chi connectivity index (χ2n) is 4.11. The topological polar surface area (TPSA) is 47.3 Å². The highest BCUT2D eigenvalue weighted by Gasteiger charge is 2.18. The van der Waals surface area contributed by atoms with Crippen molar-refractivity contribution in [3.05, 3.63) is 33.8 Å². The molecule has 0 saturated heterocycles. The van der Waals surface area contributed by atoms with E-state index < -0.39 is 0 Å². The van der Waals surface area contributed by atoms with Crippen molar-refractivity contribution < 1.29 is 4.74 Å². The first kappa shape index (κ1) is 14.7. The summed E-state index contributed by atoms with van der Waals surface area (Å²) in [5, 5.41) is 1.23. The van der Waals surface area contributed by atoms with Gasteiger partial charge in [-0.25, -0.2) is 0 Å². The van der Waals surface area contributed by atoms with Gasteiger partial charge in [-0.15, -0.1) is 0 Å². The van der Waals surface area contributed by atoms with Gasteiger partial charge in [0, 0.05) is 29.8 Å². The van der Waals surface area contributed by atoms with Gasteiger partial charge in [0.25, 0.3) is 0 Å². The number of hydrazine groups is 1. The van der Waals surface area contributed by atoms with E-state index >= 15 is 0 Å². The van der Waals surface area contributed by atoms with Crippen molar-refractivity contribution in [2.24, 2.45) is 11.8 Å². The Morgan fingerprint density at radius 3 is 2.35 bits per heavy atom. The molecule has 3 nitrogen and oxygen atoms in total. The predicted molar refractivity (Wildman–Crippen MR) is 72.2 cm³/mol. The van der Waals surface area contributed by atoms with Crippen LogP contribution >= 0.6 is 23.2 Å². The monoisotopic (exact) mass is 276 g/mol. The summed E-state index contributed by atoms with van der Waals surface area (Å²) in [5.41, 5.74) is 3.80. The van der Waals surface area contributed by atoms with Crippen molar-refractivity contribution in [3.63, 3.8) is 0 Å². The molecular formula is C12H18Cl2N2O. The number of benzene rings is 1. The van der Waals surface area contributed by atoms with Crippen molar-refractivity contribution in [2.45, 2.75) is 19.4 Å². The Hall–Kier alpha value is -0.320. The average Bonchev–Trinajstić information content (AvgIpc) is 2.26. The van der Waals surface area contributed by atoms with Gasteiger partial charge in [-0.3, -0.25) is 11.3 Å². The molecule has 0 aliphatic carbocycles. The maximum absolute atomic E-state index is 5.98. The molecule has 0 aliphatic rings. The lowest BCUT2D eigenvalue weighted by atomic mass is 9.93. The normalized spacial score (nSPS) is 14.6. The average molecular weight is 277 g/mol. The summed E-state index contributed by atoms with van der Waals surface area (Å²) in [6.45, 7) is 2.81. The van der Waals surface area contributed by atoms with Gasteiger partial charge in [0.15, 0.2) is 0 Å². The van der Waals surface area contributed by atoms with Crippen LogP contribution in [0.5, 0.6) is 0 Å². The van der Waals surface area contributed by atoms with Gasteiger partial charge in [-0.1, -0.05) is 30.1 Å². The van der Waals surface area contributed by atoms with Gasteiger partial charge in [-0.2, -0.15) is 0 Å². The van der Waals surface area contributed by atoms with Crippen LogP contribution in [0.25, 0.3) is 0 Å². The van der Waals surface area contributed by atoms with Gasteiger partial charge in [0.2, 0.25) is 0 Å². The van der Waals surface area contributed by atoms with E-state index in [0.29, 0.717) is 22.6 Å². The quantitative estimate of drug-likeness (QED) is 0.620. The van der Waals surface area contributed by atoms with Crippen molar-refractivity contribution in [1.82, 2.24) is 5.43 Å². The van der Waals surface area contributed by atoms with E-state index in [4.69, 9.17) is 33.8 Å². The molecule has 0 heterocycles. The van der Waals surface area contributed by atoms with Crippen molar-refractivity contribution in [2.75, 3.05) is 13.7 Å². The van der Waals surface area contributed by atoms with E-state index in [-0.39, 0.29) is 6.04 Å². The number of nitrogens with two attached hydrogens (primary N) is 1. The Balaban J connectivity index is 2.84. The minimum atomic E-state index is 0.0151. The predicted octanol–water partition coefficient (Wildman–Crippen LogP) is 3.17. The third-order valence-corrected chi connectivity index (χ3v) is 3.21. The van der Waals surface area contributed by atoms with Crippen LogP contribution in [0.2, 0.25) is 10.0 Å². The smallest absolute Gasteiger partial charge is 0.0487 e. The lowest BCUT2D eigenvalue weighted by Gasteiger charge is -2.23. The third-order valence-electron chi connectivity index (χ3n) is 2.77. The molecule has 0 aromatic heterocycles. The zero-order valence-electron chi connectivity index (χ0n) is 10.0. The molecule has 0 bridgehead atoms. The fourth-order valence-corrected chi connectivity index (χ4v) is 2.36. The van der Waals surface area contributed by atoms with E-state index in [9.17, 15) is 0 Å². The van der Waals surface area contributed by atoms with Crippen LogP contribution in [-0.4, -0.2) is 13.7 Å². The van der Waals surface area contributed by atoms with Crippen molar-refractivity contribution >= 4 is 23.2 Å². The lowest BCUT2D eigenvalue weighted by molar-refractivity contribution is 0.170. The number of hydrogen-bond acceptors (Lipinski definition) is 3. The summed E-state index contributed by atoms with van der Waals surface area (Å²) in [6, 6.07) is 5.48. The first-order chi connectivity index (χ1) is 8.08. The van der Waals surface area contributed by atoms with Crippen LogP contribution in [0, 0.1) is 5.92 Å². The molecule has 17 heavy (non-hydrogen) atoms. The SMILES string of the molecule is COCCC(C)C(NN)c1cc(Cl)cc(Cl)c1. The van der Waals surface area contributed by atoms with Crippen LogP contribution in [0.1, 0.15) is 24.9 Å². The van der Waals surface area contributed by atoms with Crippen LogP contribution in [0.4, 0.5) is 0 Å². The summed E-state index contributed by atoms with van der Waals surface area (Å²) in [7, 11) is 1.69. The summed E-state index contributed by atoms with van der Waals surface area (Å²) in [6.07, 6.45) is 0.912. The zero-order valence-corrected chi connectivity index (χ0v) is 11.6. The Bertz CT molecular complexity index is 340. The molecule has 0 amide bonds. The fourth-order valence-electron chi connectivity index (χ4n) is 1.81. The molecule has 0 radical (unpaired) electrons.